The van der Waals surface area contributed by atoms with E-state index in [1.54, 1.807) is 11.3 Å². The number of thiophene rings is 1. The molecule has 0 aliphatic rings. The van der Waals surface area contributed by atoms with Crippen LogP contribution in [0.25, 0.3) is 0 Å². The van der Waals surface area contributed by atoms with Crippen LogP contribution in [0.1, 0.15) is 38.6 Å². The average molecular weight is 274 g/mol. The zero-order valence-corrected chi connectivity index (χ0v) is 12.0. The van der Waals surface area contributed by atoms with Gasteiger partial charge in [-0.05, 0) is 43.7 Å². The van der Waals surface area contributed by atoms with E-state index in [4.69, 9.17) is 5.73 Å². The molecule has 2 aromatic rings. The Morgan fingerprint density at radius 3 is 2.47 bits per heavy atom. The van der Waals surface area contributed by atoms with Gasteiger partial charge in [0, 0.05) is 21.9 Å². The molecule has 0 aliphatic carbocycles. The number of aryl methyl sites for hydroxylation is 1. The van der Waals surface area contributed by atoms with E-state index in [-0.39, 0.29) is 11.9 Å². The van der Waals surface area contributed by atoms with Crippen LogP contribution < -0.4 is 11.1 Å². The molecule has 0 saturated heterocycles. The Balaban J connectivity index is 2.03. The van der Waals surface area contributed by atoms with Crippen LogP contribution in [0.3, 0.4) is 0 Å². The fourth-order valence-electron chi connectivity index (χ4n) is 1.83. The van der Waals surface area contributed by atoms with Crippen LogP contribution in [-0.4, -0.2) is 5.91 Å². The van der Waals surface area contributed by atoms with Crippen molar-refractivity contribution in [3.05, 3.63) is 57.3 Å². The molecule has 0 fully saturated rings. The molecule has 0 radical (unpaired) electrons. The summed E-state index contributed by atoms with van der Waals surface area (Å²) in [6.45, 7) is 4.55. The largest absolute Gasteiger partial charge is 0.345 e. The quantitative estimate of drug-likeness (QED) is 0.900. The first-order chi connectivity index (χ1) is 9.10. The van der Waals surface area contributed by atoms with E-state index in [2.05, 4.69) is 24.4 Å². The molecule has 1 aromatic heterocycles. The van der Waals surface area contributed by atoms with Crippen LogP contribution in [0, 0.1) is 6.92 Å². The molecular weight excluding hydrogens is 256 g/mol. The van der Waals surface area contributed by atoms with E-state index < -0.39 is 0 Å². The molecule has 100 valence electrons. The number of carbonyl (C=O) groups is 1. The highest BCUT2D eigenvalue weighted by atomic mass is 32.1. The summed E-state index contributed by atoms with van der Waals surface area (Å²) in [6.07, 6.45) is 0. The minimum Gasteiger partial charge on any atom is -0.345 e. The number of nitrogens with one attached hydrogen (secondary N) is 1. The van der Waals surface area contributed by atoms with Gasteiger partial charge in [0.15, 0.2) is 0 Å². The Bertz CT molecular complexity index is 560. The van der Waals surface area contributed by atoms with Gasteiger partial charge in [0.1, 0.15) is 0 Å². The van der Waals surface area contributed by atoms with Crippen molar-refractivity contribution in [1.82, 2.24) is 5.32 Å². The summed E-state index contributed by atoms with van der Waals surface area (Å²) in [6, 6.07) is 11.5. The van der Waals surface area contributed by atoms with Crippen molar-refractivity contribution in [2.75, 3.05) is 0 Å². The van der Waals surface area contributed by atoms with Crippen molar-refractivity contribution < 1.29 is 4.79 Å². The summed E-state index contributed by atoms with van der Waals surface area (Å²) in [7, 11) is 0. The average Bonchev–Trinajstić information content (AvgIpc) is 2.85. The third kappa shape index (κ3) is 3.43. The highest BCUT2D eigenvalue weighted by molar-refractivity contribution is 7.12. The van der Waals surface area contributed by atoms with E-state index in [1.807, 2.05) is 31.2 Å². The second-order valence-electron chi connectivity index (χ2n) is 4.54. The number of hydrogen-bond donors (Lipinski definition) is 2. The van der Waals surface area contributed by atoms with Crippen LogP contribution in [0.4, 0.5) is 0 Å². The molecular formula is C15H18N2OS. The van der Waals surface area contributed by atoms with Gasteiger partial charge in [0.25, 0.3) is 5.91 Å². The van der Waals surface area contributed by atoms with Gasteiger partial charge in [-0.15, -0.1) is 11.3 Å². The van der Waals surface area contributed by atoms with E-state index >= 15 is 0 Å². The number of carbonyl (C=O) groups excluding carboxylic acids is 1. The summed E-state index contributed by atoms with van der Waals surface area (Å²) >= 11 is 1.71. The molecule has 1 heterocycles. The topological polar surface area (TPSA) is 55.1 Å². The number of rotatable bonds is 4. The van der Waals surface area contributed by atoms with E-state index in [0.717, 1.165) is 5.56 Å². The predicted octanol–water partition coefficient (Wildman–Crippen LogP) is 3.01. The molecule has 1 atom stereocenters. The minimum absolute atomic E-state index is 0.0281. The van der Waals surface area contributed by atoms with Gasteiger partial charge in [-0.2, -0.15) is 0 Å². The first-order valence-electron chi connectivity index (χ1n) is 6.26. The zero-order valence-electron chi connectivity index (χ0n) is 11.1. The minimum atomic E-state index is -0.0536. The van der Waals surface area contributed by atoms with Gasteiger partial charge in [-0.1, -0.05) is 12.1 Å². The second-order valence-corrected chi connectivity index (χ2v) is 5.86. The molecule has 4 heteroatoms. The Labute approximate surface area is 117 Å². The fourth-order valence-corrected chi connectivity index (χ4v) is 2.71. The van der Waals surface area contributed by atoms with Crippen molar-refractivity contribution in [3.63, 3.8) is 0 Å². The van der Waals surface area contributed by atoms with Crippen molar-refractivity contribution >= 4 is 17.2 Å². The van der Waals surface area contributed by atoms with Crippen molar-refractivity contribution in [2.24, 2.45) is 5.73 Å². The van der Waals surface area contributed by atoms with Gasteiger partial charge in [0.05, 0.1) is 6.04 Å². The van der Waals surface area contributed by atoms with Gasteiger partial charge in [-0.3, -0.25) is 4.79 Å². The van der Waals surface area contributed by atoms with Crippen LogP contribution in [0.5, 0.6) is 0 Å². The van der Waals surface area contributed by atoms with E-state index in [0.29, 0.717) is 12.1 Å². The zero-order chi connectivity index (χ0) is 13.8. The van der Waals surface area contributed by atoms with Crippen molar-refractivity contribution in [2.45, 2.75) is 26.4 Å². The van der Waals surface area contributed by atoms with Gasteiger partial charge >= 0.3 is 0 Å². The fraction of sp³-hybridized carbons (Fsp3) is 0.267. The molecule has 2 rings (SSSR count). The third-order valence-corrected chi connectivity index (χ3v) is 4.17. The standard InChI is InChI=1S/C15H18N2OS/c1-10-3-8-14(19-10)11(2)17-15(18)13-6-4-12(9-16)5-7-13/h3-8,11H,9,16H2,1-2H3,(H,17,18). The Kier molecular flexibility index (Phi) is 4.35. The lowest BCUT2D eigenvalue weighted by Crippen LogP contribution is -2.26. The number of benzene rings is 1. The van der Waals surface area contributed by atoms with Crippen LogP contribution in [-0.2, 0) is 6.54 Å². The smallest absolute Gasteiger partial charge is 0.251 e. The van der Waals surface area contributed by atoms with Crippen LogP contribution in [0.2, 0.25) is 0 Å². The molecule has 1 amide bonds. The summed E-state index contributed by atoms with van der Waals surface area (Å²) in [5, 5.41) is 3.00. The number of amides is 1. The first kappa shape index (κ1) is 13.8. The van der Waals surface area contributed by atoms with Crippen LogP contribution in [0.15, 0.2) is 36.4 Å². The first-order valence-corrected chi connectivity index (χ1v) is 7.08. The highest BCUT2D eigenvalue weighted by Crippen LogP contribution is 2.22. The van der Waals surface area contributed by atoms with E-state index in [1.165, 1.54) is 9.75 Å². The molecule has 3 N–H and O–H groups in total. The molecule has 1 unspecified atom stereocenters. The summed E-state index contributed by atoms with van der Waals surface area (Å²) < 4.78 is 0. The molecule has 0 spiro atoms. The predicted molar refractivity (Wildman–Crippen MR) is 79.3 cm³/mol. The maximum atomic E-state index is 12.1. The molecule has 1 aromatic carbocycles. The summed E-state index contributed by atoms with van der Waals surface area (Å²) in [4.78, 5) is 14.5. The molecule has 3 nitrogen and oxygen atoms in total. The Morgan fingerprint density at radius 1 is 1.26 bits per heavy atom. The molecule has 19 heavy (non-hydrogen) atoms. The third-order valence-electron chi connectivity index (χ3n) is 2.99. The Hall–Kier alpha value is -1.65. The lowest BCUT2D eigenvalue weighted by atomic mass is 10.1. The molecule has 0 aliphatic heterocycles. The summed E-state index contributed by atoms with van der Waals surface area (Å²) in [5.74, 6) is -0.0536. The second kappa shape index (κ2) is 5.99. The van der Waals surface area contributed by atoms with E-state index in [9.17, 15) is 4.79 Å². The SMILES string of the molecule is Cc1ccc(C(C)NC(=O)c2ccc(CN)cc2)s1. The maximum absolute atomic E-state index is 12.1. The molecule has 0 bridgehead atoms. The van der Waals surface area contributed by atoms with Gasteiger partial charge < -0.3 is 11.1 Å². The highest BCUT2D eigenvalue weighted by Gasteiger charge is 2.12. The van der Waals surface area contributed by atoms with Gasteiger partial charge in [0.2, 0.25) is 0 Å². The lowest BCUT2D eigenvalue weighted by Gasteiger charge is -2.12. The van der Waals surface area contributed by atoms with Gasteiger partial charge in [-0.25, -0.2) is 0 Å². The monoisotopic (exact) mass is 274 g/mol. The summed E-state index contributed by atoms with van der Waals surface area (Å²) in [5.41, 5.74) is 7.23. The number of hydrogen-bond acceptors (Lipinski definition) is 3. The Morgan fingerprint density at radius 2 is 1.95 bits per heavy atom. The normalized spacial score (nSPS) is 12.2. The van der Waals surface area contributed by atoms with Crippen LogP contribution >= 0.6 is 11.3 Å². The lowest BCUT2D eigenvalue weighted by molar-refractivity contribution is 0.0940. The van der Waals surface area contributed by atoms with Crippen molar-refractivity contribution in [3.8, 4) is 0 Å². The maximum Gasteiger partial charge on any atom is 0.251 e. The van der Waals surface area contributed by atoms with Crippen molar-refractivity contribution in [1.29, 1.82) is 0 Å². The molecule has 0 saturated carbocycles. The number of nitrogens with two attached hydrogens (primary N) is 1.